The molecule has 0 aliphatic carbocycles. The Morgan fingerprint density at radius 2 is 2.08 bits per heavy atom. The minimum atomic E-state index is 0.275. The van der Waals surface area contributed by atoms with Crippen LogP contribution in [0.5, 0.6) is 0 Å². The Kier molecular flexibility index (Phi) is 3.32. The van der Waals surface area contributed by atoms with Gasteiger partial charge in [0.15, 0.2) is 0 Å². The van der Waals surface area contributed by atoms with Crippen molar-refractivity contribution in [2.24, 2.45) is 5.73 Å². The van der Waals surface area contributed by atoms with Gasteiger partial charge in [-0.2, -0.15) is 0 Å². The molecule has 0 aliphatic rings. The lowest BCUT2D eigenvalue weighted by molar-refractivity contribution is 0.664. The van der Waals surface area contributed by atoms with Gasteiger partial charge in [0, 0.05) is 11.7 Å². The second-order valence-electron chi connectivity index (χ2n) is 3.70. The molecule has 0 bridgehead atoms. The van der Waals surface area contributed by atoms with Crippen LogP contribution in [0.25, 0.3) is 0 Å². The molecule has 2 heteroatoms. The summed E-state index contributed by atoms with van der Waals surface area (Å²) in [5.74, 6) is 0. The van der Waals surface area contributed by atoms with Crippen LogP contribution in [-0.4, -0.2) is 6.04 Å². The topological polar surface area (TPSA) is 52.0 Å². The molecule has 0 saturated carbocycles. The molecule has 0 heterocycles. The second kappa shape index (κ2) is 4.28. The normalized spacial score (nSPS) is 12.8. The molecule has 4 N–H and O–H groups in total. The van der Waals surface area contributed by atoms with Crippen molar-refractivity contribution in [3.63, 3.8) is 0 Å². The van der Waals surface area contributed by atoms with Gasteiger partial charge in [-0.1, -0.05) is 6.07 Å². The summed E-state index contributed by atoms with van der Waals surface area (Å²) in [7, 11) is 0. The third-order valence-electron chi connectivity index (χ3n) is 2.24. The summed E-state index contributed by atoms with van der Waals surface area (Å²) in [4.78, 5) is 0. The zero-order valence-corrected chi connectivity index (χ0v) is 8.38. The Morgan fingerprint density at radius 3 is 2.62 bits per heavy atom. The van der Waals surface area contributed by atoms with Crippen molar-refractivity contribution in [1.29, 1.82) is 0 Å². The van der Waals surface area contributed by atoms with Crippen LogP contribution in [0.4, 0.5) is 5.69 Å². The van der Waals surface area contributed by atoms with Crippen molar-refractivity contribution in [1.82, 2.24) is 0 Å². The van der Waals surface area contributed by atoms with Crippen LogP contribution >= 0.6 is 0 Å². The van der Waals surface area contributed by atoms with Gasteiger partial charge in [0.1, 0.15) is 0 Å². The first kappa shape index (κ1) is 10.1. The molecule has 0 aromatic heterocycles. The standard InChI is InChI=1S/C11H18N2/c1-8-7-11(13)6-5-10(8)4-3-9(2)12/h5-7,9H,3-4,12-13H2,1-2H3/t9-/m1/s1. The van der Waals surface area contributed by atoms with Crippen molar-refractivity contribution in [3.05, 3.63) is 29.3 Å². The number of anilines is 1. The lowest BCUT2D eigenvalue weighted by atomic mass is 10.0. The van der Waals surface area contributed by atoms with Gasteiger partial charge in [0.05, 0.1) is 0 Å². The van der Waals surface area contributed by atoms with Gasteiger partial charge in [-0.25, -0.2) is 0 Å². The largest absolute Gasteiger partial charge is 0.399 e. The summed E-state index contributed by atoms with van der Waals surface area (Å²) >= 11 is 0. The van der Waals surface area contributed by atoms with Crippen molar-refractivity contribution < 1.29 is 0 Å². The van der Waals surface area contributed by atoms with E-state index in [-0.39, 0.29) is 6.04 Å². The van der Waals surface area contributed by atoms with Gasteiger partial charge in [0.2, 0.25) is 0 Å². The summed E-state index contributed by atoms with van der Waals surface area (Å²) in [6, 6.07) is 6.32. The van der Waals surface area contributed by atoms with Crippen LogP contribution in [0.3, 0.4) is 0 Å². The van der Waals surface area contributed by atoms with E-state index in [1.807, 2.05) is 19.1 Å². The van der Waals surface area contributed by atoms with Gasteiger partial charge in [0.25, 0.3) is 0 Å². The molecule has 1 aromatic carbocycles. The van der Waals surface area contributed by atoms with Crippen LogP contribution in [0.1, 0.15) is 24.5 Å². The third kappa shape index (κ3) is 3.07. The Bertz CT molecular complexity index is 279. The molecular weight excluding hydrogens is 160 g/mol. The highest BCUT2D eigenvalue weighted by molar-refractivity contribution is 5.44. The fourth-order valence-corrected chi connectivity index (χ4v) is 1.38. The van der Waals surface area contributed by atoms with E-state index in [1.54, 1.807) is 0 Å². The number of hydrogen-bond donors (Lipinski definition) is 2. The molecule has 72 valence electrons. The van der Waals surface area contributed by atoms with Crippen molar-refractivity contribution >= 4 is 5.69 Å². The Labute approximate surface area is 79.9 Å². The summed E-state index contributed by atoms with van der Waals surface area (Å²) in [5.41, 5.74) is 14.8. The zero-order valence-electron chi connectivity index (χ0n) is 8.38. The Balaban J connectivity index is 2.67. The average molecular weight is 178 g/mol. The maximum absolute atomic E-state index is 5.70. The average Bonchev–Trinajstić information content (AvgIpc) is 2.02. The van der Waals surface area contributed by atoms with E-state index in [0.29, 0.717) is 0 Å². The maximum Gasteiger partial charge on any atom is 0.0316 e. The molecule has 1 aromatic rings. The second-order valence-corrected chi connectivity index (χ2v) is 3.70. The molecule has 0 spiro atoms. The molecule has 0 aliphatic heterocycles. The SMILES string of the molecule is Cc1cc(N)ccc1CC[C@@H](C)N. The van der Waals surface area contributed by atoms with E-state index in [9.17, 15) is 0 Å². The summed E-state index contributed by atoms with van der Waals surface area (Å²) < 4.78 is 0. The monoisotopic (exact) mass is 178 g/mol. The highest BCUT2D eigenvalue weighted by Gasteiger charge is 2.00. The van der Waals surface area contributed by atoms with Gasteiger partial charge in [-0.3, -0.25) is 0 Å². The van der Waals surface area contributed by atoms with Crippen LogP contribution < -0.4 is 11.5 Å². The van der Waals surface area contributed by atoms with E-state index in [1.165, 1.54) is 11.1 Å². The predicted octanol–water partition coefficient (Wildman–Crippen LogP) is 1.86. The van der Waals surface area contributed by atoms with E-state index in [0.717, 1.165) is 18.5 Å². The third-order valence-corrected chi connectivity index (χ3v) is 2.24. The lowest BCUT2D eigenvalue weighted by Gasteiger charge is -2.08. The van der Waals surface area contributed by atoms with E-state index < -0.39 is 0 Å². The zero-order chi connectivity index (χ0) is 9.84. The molecule has 0 fully saturated rings. The van der Waals surface area contributed by atoms with Crippen LogP contribution in [0.15, 0.2) is 18.2 Å². The molecule has 0 amide bonds. The summed E-state index contributed by atoms with van der Waals surface area (Å²) in [6.45, 7) is 4.12. The van der Waals surface area contributed by atoms with Crippen LogP contribution in [0.2, 0.25) is 0 Å². The highest BCUT2D eigenvalue weighted by atomic mass is 14.6. The van der Waals surface area contributed by atoms with Gasteiger partial charge in [-0.15, -0.1) is 0 Å². The van der Waals surface area contributed by atoms with E-state index in [4.69, 9.17) is 11.5 Å². The first-order valence-electron chi connectivity index (χ1n) is 4.70. The van der Waals surface area contributed by atoms with Crippen LogP contribution in [-0.2, 0) is 6.42 Å². The molecule has 1 atom stereocenters. The van der Waals surface area contributed by atoms with Gasteiger partial charge in [-0.05, 0) is 49.9 Å². The number of rotatable bonds is 3. The maximum atomic E-state index is 5.70. The minimum Gasteiger partial charge on any atom is -0.399 e. The molecular formula is C11H18N2. The lowest BCUT2D eigenvalue weighted by Crippen LogP contribution is -2.15. The van der Waals surface area contributed by atoms with Crippen molar-refractivity contribution in [2.45, 2.75) is 32.7 Å². The first-order chi connectivity index (χ1) is 6.09. The summed E-state index contributed by atoms with van der Waals surface area (Å²) in [5, 5.41) is 0. The Hall–Kier alpha value is -1.02. The van der Waals surface area contributed by atoms with Gasteiger partial charge < -0.3 is 11.5 Å². The highest BCUT2D eigenvalue weighted by Crippen LogP contribution is 2.14. The predicted molar refractivity (Wildman–Crippen MR) is 57.6 cm³/mol. The fraction of sp³-hybridized carbons (Fsp3) is 0.455. The quantitative estimate of drug-likeness (QED) is 0.694. The number of hydrogen-bond acceptors (Lipinski definition) is 2. The van der Waals surface area contributed by atoms with Crippen molar-refractivity contribution in [3.8, 4) is 0 Å². The smallest absolute Gasteiger partial charge is 0.0316 e. The Morgan fingerprint density at radius 1 is 1.38 bits per heavy atom. The fourth-order valence-electron chi connectivity index (χ4n) is 1.38. The number of benzene rings is 1. The van der Waals surface area contributed by atoms with Crippen molar-refractivity contribution in [2.75, 3.05) is 5.73 Å². The summed E-state index contributed by atoms with van der Waals surface area (Å²) in [6.07, 6.45) is 2.08. The molecule has 13 heavy (non-hydrogen) atoms. The molecule has 2 nitrogen and oxygen atoms in total. The van der Waals surface area contributed by atoms with Gasteiger partial charge >= 0.3 is 0 Å². The molecule has 0 radical (unpaired) electrons. The number of nitrogens with two attached hydrogens (primary N) is 2. The minimum absolute atomic E-state index is 0.275. The number of nitrogen functional groups attached to an aromatic ring is 1. The molecule has 0 unspecified atom stereocenters. The first-order valence-corrected chi connectivity index (χ1v) is 4.70. The number of aryl methyl sites for hydroxylation is 2. The molecule has 1 rings (SSSR count). The van der Waals surface area contributed by atoms with E-state index >= 15 is 0 Å². The molecule has 0 saturated heterocycles. The van der Waals surface area contributed by atoms with E-state index in [2.05, 4.69) is 13.0 Å². The van der Waals surface area contributed by atoms with Crippen LogP contribution in [0, 0.1) is 6.92 Å².